The molecule has 148 valence electrons. The summed E-state index contributed by atoms with van der Waals surface area (Å²) in [7, 11) is 1.13. The second kappa shape index (κ2) is 7.38. The molecule has 0 saturated heterocycles. The predicted octanol–water partition coefficient (Wildman–Crippen LogP) is 1.86. The molecule has 0 aliphatic carbocycles. The lowest BCUT2D eigenvalue weighted by Crippen LogP contribution is -2.60. The van der Waals surface area contributed by atoms with E-state index in [9.17, 15) is 31.1 Å². The quantitative estimate of drug-likeness (QED) is 0.751. The Morgan fingerprint density at radius 2 is 1.85 bits per heavy atom. The zero-order valence-electron chi connectivity index (χ0n) is 13.4. The van der Waals surface area contributed by atoms with Gasteiger partial charge in [0.1, 0.15) is 12.9 Å². The van der Waals surface area contributed by atoms with Crippen molar-refractivity contribution >= 4 is 11.8 Å². The van der Waals surface area contributed by atoms with Crippen LogP contribution < -0.4 is 10.6 Å². The number of alkyl halides is 6. The van der Waals surface area contributed by atoms with Gasteiger partial charge in [-0.05, 0) is 0 Å². The number of hydrogen-bond donors (Lipinski definition) is 2. The molecule has 1 aliphatic heterocycles. The van der Waals surface area contributed by atoms with Crippen LogP contribution in [0.25, 0.3) is 0 Å². The van der Waals surface area contributed by atoms with Crippen LogP contribution in [-0.2, 0) is 9.47 Å². The Kier molecular flexibility index (Phi) is 5.58. The van der Waals surface area contributed by atoms with E-state index in [-0.39, 0.29) is 5.56 Å². The molecule has 1 amide bonds. The number of carbonyl (C=O) groups is 1. The van der Waals surface area contributed by atoms with Crippen molar-refractivity contribution in [3.63, 3.8) is 0 Å². The molecule has 14 heteroatoms. The number of rotatable bonds is 4. The number of alkyl carbamates (subject to hydrolysis) is 1. The van der Waals surface area contributed by atoms with E-state index in [4.69, 9.17) is 0 Å². The molecule has 1 aliphatic rings. The number of aromatic nitrogens is 2. The molecule has 0 radical (unpaired) electrons. The summed E-state index contributed by atoms with van der Waals surface area (Å²) < 4.78 is 86.7. The van der Waals surface area contributed by atoms with Crippen molar-refractivity contribution in [2.75, 3.05) is 13.7 Å². The fourth-order valence-corrected chi connectivity index (χ4v) is 1.81. The van der Waals surface area contributed by atoms with Crippen LogP contribution in [0.5, 0.6) is 0 Å². The van der Waals surface area contributed by atoms with Gasteiger partial charge in [0.15, 0.2) is 0 Å². The summed E-state index contributed by atoms with van der Waals surface area (Å²) in [6.07, 6.45) is -7.64. The summed E-state index contributed by atoms with van der Waals surface area (Å²) >= 11 is 0. The first-order valence-electron chi connectivity index (χ1n) is 6.98. The Morgan fingerprint density at radius 3 is 2.37 bits per heavy atom. The highest BCUT2D eigenvalue weighted by molar-refractivity contribution is 6.09. The number of halogens is 6. The molecule has 2 N–H and O–H groups in total. The lowest BCUT2D eigenvalue weighted by Gasteiger charge is -2.36. The van der Waals surface area contributed by atoms with Crippen molar-refractivity contribution in [2.24, 2.45) is 4.99 Å². The first kappa shape index (κ1) is 20.4. The van der Waals surface area contributed by atoms with E-state index in [2.05, 4.69) is 24.4 Å². The maximum atomic E-state index is 13.6. The molecular formula is C13H11F6N5O3. The monoisotopic (exact) mass is 399 g/mol. The second-order valence-electron chi connectivity index (χ2n) is 4.94. The Hall–Kier alpha value is -2.90. The lowest BCUT2D eigenvalue weighted by molar-refractivity contribution is -0.311. The van der Waals surface area contributed by atoms with Crippen molar-refractivity contribution in [1.82, 2.24) is 20.6 Å². The Labute approximate surface area is 147 Å². The highest BCUT2D eigenvalue weighted by Crippen LogP contribution is 2.37. The summed E-state index contributed by atoms with van der Waals surface area (Å²) in [6.45, 7) is -2.27. The fraction of sp³-hybridized carbons (Fsp3) is 0.385. The molecule has 2 heterocycles. The average molecular weight is 399 g/mol. The molecule has 0 aromatic carbocycles. The van der Waals surface area contributed by atoms with Gasteiger partial charge in [0.25, 0.3) is 0 Å². The molecule has 0 saturated carbocycles. The van der Waals surface area contributed by atoms with Crippen LogP contribution in [0.2, 0.25) is 0 Å². The molecule has 0 bridgehead atoms. The van der Waals surface area contributed by atoms with Crippen molar-refractivity contribution in [3.05, 3.63) is 36.2 Å². The van der Waals surface area contributed by atoms with E-state index >= 15 is 0 Å². The zero-order valence-corrected chi connectivity index (χ0v) is 13.4. The minimum absolute atomic E-state index is 0.0822. The number of amides is 1. The summed E-state index contributed by atoms with van der Waals surface area (Å²) in [6, 6.07) is 0. The van der Waals surface area contributed by atoms with Crippen LogP contribution in [0.3, 0.4) is 0 Å². The van der Waals surface area contributed by atoms with Gasteiger partial charge in [-0.2, -0.15) is 26.3 Å². The van der Waals surface area contributed by atoms with Crippen molar-refractivity contribution in [2.45, 2.75) is 18.2 Å². The van der Waals surface area contributed by atoms with Crippen LogP contribution in [0, 0.1) is 0 Å². The van der Waals surface area contributed by atoms with Crippen LogP contribution in [0.4, 0.5) is 31.1 Å². The smallest absolute Gasteiger partial charge is 0.393 e. The van der Waals surface area contributed by atoms with Gasteiger partial charge in [-0.25, -0.2) is 19.8 Å². The van der Waals surface area contributed by atoms with E-state index in [0.717, 1.165) is 31.8 Å². The van der Waals surface area contributed by atoms with E-state index in [1.807, 2.05) is 5.32 Å². The maximum absolute atomic E-state index is 13.6. The normalized spacial score (nSPS) is 20.3. The summed E-state index contributed by atoms with van der Waals surface area (Å²) in [5.41, 5.74) is -0.603. The molecule has 0 fully saturated rings. The van der Waals surface area contributed by atoms with Crippen LogP contribution >= 0.6 is 0 Å². The number of allylic oxidation sites excluding steroid dienone is 1. The Bertz CT molecular complexity index is 749. The molecule has 8 nitrogen and oxygen atoms in total. The first-order chi connectivity index (χ1) is 12.5. The number of nitrogens with one attached hydrogen (secondary N) is 2. The van der Waals surface area contributed by atoms with Crippen LogP contribution in [-0.4, -0.2) is 53.6 Å². The number of ether oxygens (including phenoxy) is 2. The number of carbonyl (C=O) groups excluding carboxylic acids is 1. The minimum Gasteiger partial charge on any atom is -0.393 e. The molecular weight excluding hydrogens is 388 g/mol. The molecule has 2 rings (SSSR count). The predicted molar refractivity (Wildman–Crippen MR) is 76.1 cm³/mol. The second-order valence-corrected chi connectivity index (χ2v) is 4.94. The topological polar surface area (TPSA) is 97.7 Å². The van der Waals surface area contributed by atoms with Gasteiger partial charge in [0, 0.05) is 31.1 Å². The summed E-state index contributed by atoms with van der Waals surface area (Å²) in [4.78, 5) is 21.7. The molecule has 1 unspecified atom stereocenters. The van der Waals surface area contributed by atoms with Gasteiger partial charge in [0.05, 0.1) is 5.71 Å². The molecule has 27 heavy (non-hydrogen) atoms. The lowest BCUT2D eigenvalue weighted by atomic mass is 10.1. The number of nitrogens with zero attached hydrogens (tertiary/aromatic N) is 3. The minimum atomic E-state index is -5.45. The Morgan fingerprint density at radius 1 is 1.22 bits per heavy atom. The average Bonchev–Trinajstić information content (AvgIpc) is 2.59. The SMILES string of the molecule is CNC(=O)OC1=CC(c2cncnc2)=NC(OCC(F)(F)F)(C(F)(F)F)N1. The molecule has 1 aromatic heterocycles. The molecule has 1 aromatic rings. The van der Waals surface area contributed by atoms with Crippen molar-refractivity contribution in [3.8, 4) is 0 Å². The fourth-order valence-electron chi connectivity index (χ4n) is 1.81. The van der Waals surface area contributed by atoms with Crippen molar-refractivity contribution in [1.29, 1.82) is 0 Å². The Balaban J connectivity index is 2.52. The standard InChI is InChI=1S/C13H11F6N5O3/c1-20-10(25)27-9-2-8(7-3-21-6-22-4-7)23-13(24-9,12(17,18)19)26-5-11(14,15)16/h2-4,6,24H,5H2,1H3,(H,20,25). The third-order valence-corrected chi connectivity index (χ3v) is 2.93. The highest BCUT2D eigenvalue weighted by Gasteiger charge is 2.60. The van der Waals surface area contributed by atoms with Gasteiger partial charge in [-0.15, -0.1) is 0 Å². The number of hydrogen-bond acceptors (Lipinski definition) is 7. The first-order valence-corrected chi connectivity index (χ1v) is 6.98. The van der Waals surface area contributed by atoms with E-state index in [0.29, 0.717) is 0 Å². The maximum Gasteiger partial charge on any atom is 0.460 e. The third-order valence-electron chi connectivity index (χ3n) is 2.93. The zero-order chi connectivity index (χ0) is 20.3. The van der Waals surface area contributed by atoms with Gasteiger partial charge in [0.2, 0.25) is 5.88 Å². The molecule has 1 atom stereocenters. The highest BCUT2D eigenvalue weighted by atomic mass is 19.4. The van der Waals surface area contributed by atoms with Gasteiger partial charge in [-0.1, -0.05) is 0 Å². The van der Waals surface area contributed by atoms with Crippen LogP contribution in [0.15, 0.2) is 35.7 Å². The van der Waals surface area contributed by atoms with Crippen molar-refractivity contribution < 1.29 is 40.6 Å². The van der Waals surface area contributed by atoms with E-state index in [1.165, 1.54) is 0 Å². The van der Waals surface area contributed by atoms with Crippen LogP contribution in [0.1, 0.15) is 5.56 Å². The number of aliphatic imine (C=N–C) groups is 1. The van der Waals surface area contributed by atoms with Gasteiger partial charge < -0.3 is 20.1 Å². The van der Waals surface area contributed by atoms with E-state index < -0.39 is 42.5 Å². The molecule has 0 spiro atoms. The third kappa shape index (κ3) is 5.06. The summed E-state index contributed by atoms with van der Waals surface area (Å²) in [5.74, 6) is -4.70. The largest absolute Gasteiger partial charge is 0.460 e. The van der Waals surface area contributed by atoms with E-state index in [1.54, 1.807) is 5.32 Å². The summed E-state index contributed by atoms with van der Waals surface area (Å²) in [5, 5.41) is 3.53. The van der Waals surface area contributed by atoms with Gasteiger partial charge in [-0.3, -0.25) is 0 Å². The van der Waals surface area contributed by atoms with Gasteiger partial charge >= 0.3 is 24.3 Å².